The van der Waals surface area contributed by atoms with Crippen molar-refractivity contribution < 1.29 is 9.53 Å². The van der Waals surface area contributed by atoms with Gasteiger partial charge in [-0.15, -0.1) is 0 Å². The number of benzene rings is 2. The molecule has 0 unspecified atom stereocenters. The summed E-state index contributed by atoms with van der Waals surface area (Å²) in [4.78, 5) is 15.3. The van der Waals surface area contributed by atoms with Crippen LogP contribution in [0.15, 0.2) is 60.7 Å². The van der Waals surface area contributed by atoms with Gasteiger partial charge in [-0.05, 0) is 18.6 Å². The van der Waals surface area contributed by atoms with Crippen LogP contribution in [0, 0.1) is 6.92 Å². The van der Waals surface area contributed by atoms with Gasteiger partial charge in [-0.25, -0.2) is 0 Å². The molecule has 0 bridgehead atoms. The minimum atomic E-state index is -0.154. The lowest BCUT2D eigenvalue weighted by atomic mass is 10.0. The van der Waals surface area contributed by atoms with E-state index in [9.17, 15) is 4.79 Å². The Balaban J connectivity index is 1.51. The van der Waals surface area contributed by atoms with E-state index in [1.165, 1.54) is 5.56 Å². The van der Waals surface area contributed by atoms with Gasteiger partial charge >= 0.3 is 0 Å². The molecule has 1 fully saturated rings. The predicted octanol–water partition coefficient (Wildman–Crippen LogP) is 3.19. The van der Waals surface area contributed by atoms with Crippen molar-refractivity contribution >= 4 is 5.91 Å². The maximum Gasteiger partial charge on any atom is 0.269 e. The quantitative estimate of drug-likeness (QED) is 0.678. The number of hydrogen-bond donors (Lipinski definition) is 2. The number of hydrogen-bond acceptors (Lipinski definition) is 4. The first kappa shape index (κ1) is 19.4. The van der Waals surface area contributed by atoms with Gasteiger partial charge in [0.1, 0.15) is 5.69 Å². The zero-order chi connectivity index (χ0) is 20.1. The highest BCUT2D eigenvalue weighted by molar-refractivity contribution is 5.93. The summed E-state index contributed by atoms with van der Waals surface area (Å²) >= 11 is 0. The summed E-state index contributed by atoms with van der Waals surface area (Å²) in [6.07, 6.45) is 0. The molecule has 29 heavy (non-hydrogen) atoms. The van der Waals surface area contributed by atoms with E-state index in [-0.39, 0.29) is 11.9 Å². The van der Waals surface area contributed by atoms with E-state index in [0.29, 0.717) is 5.69 Å². The second-order valence-corrected chi connectivity index (χ2v) is 7.38. The van der Waals surface area contributed by atoms with Crippen LogP contribution in [0.2, 0.25) is 0 Å². The number of ether oxygens (including phenoxy) is 1. The fourth-order valence-corrected chi connectivity index (χ4v) is 3.51. The molecule has 2 N–H and O–H groups in total. The molecule has 2 aromatic carbocycles. The summed E-state index contributed by atoms with van der Waals surface area (Å²) < 4.78 is 5.46. The normalized spacial score (nSPS) is 15.8. The molecule has 1 aromatic heterocycles. The molecule has 0 saturated carbocycles. The van der Waals surface area contributed by atoms with Crippen LogP contribution in [-0.2, 0) is 4.74 Å². The van der Waals surface area contributed by atoms with E-state index in [4.69, 9.17) is 4.74 Å². The van der Waals surface area contributed by atoms with Crippen molar-refractivity contribution in [1.82, 2.24) is 20.4 Å². The summed E-state index contributed by atoms with van der Waals surface area (Å²) in [5.74, 6) is -0.154. The first-order valence-corrected chi connectivity index (χ1v) is 9.97. The molecule has 1 atom stereocenters. The van der Waals surface area contributed by atoms with Crippen molar-refractivity contribution in [2.45, 2.75) is 13.0 Å². The number of nitrogens with one attached hydrogen (secondary N) is 2. The number of carbonyl (C=O) groups is 1. The van der Waals surface area contributed by atoms with E-state index in [1.807, 2.05) is 30.3 Å². The molecule has 150 valence electrons. The third kappa shape index (κ3) is 4.91. The lowest BCUT2D eigenvalue weighted by Crippen LogP contribution is -2.43. The number of morpholine rings is 1. The van der Waals surface area contributed by atoms with Gasteiger partial charge in [0, 0.05) is 25.2 Å². The van der Waals surface area contributed by atoms with Crippen molar-refractivity contribution in [3.8, 4) is 11.3 Å². The predicted molar refractivity (Wildman–Crippen MR) is 113 cm³/mol. The van der Waals surface area contributed by atoms with Gasteiger partial charge in [0.25, 0.3) is 5.91 Å². The van der Waals surface area contributed by atoms with Crippen LogP contribution in [0.5, 0.6) is 0 Å². The Kier molecular flexibility index (Phi) is 6.03. The molecule has 3 aromatic rings. The van der Waals surface area contributed by atoms with E-state index in [2.05, 4.69) is 51.6 Å². The van der Waals surface area contributed by atoms with Crippen molar-refractivity contribution in [3.05, 3.63) is 77.5 Å². The van der Waals surface area contributed by atoms with Crippen LogP contribution in [-0.4, -0.2) is 53.9 Å². The molecule has 1 amide bonds. The Morgan fingerprint density at radius 1 is 1.14 bits per heavy atom. The Morgan fingerprint density at radius 3 is 2.59 bits per heavy atom. The smallest absolute Gasteiger partial charge is 0.269 e. The second kappa shape index (κ2) is 9.03. The van der Waals surface area contributed by atoms with E-state index >= 15 is 0 Å². The topological polar surface area (TPSA) is 70.2 Å². The fourth-order valence-electron chi connectivity index (χ4n) is 3.51. The Bertz CT molecular complexity index is 931. The van der Waals surface area contributed by atoms with Crippen LogP contribution in [0.25, 0.3) is 11.3 Å². The zero-order valence-corrected chi connectivity index (χ0v) is 16.6. The summed E-state index contributed by atoms with van der Waals surface area (Å²) in [6.45, 7) is 6.03. The van der Waals surface area contributed by atoms with Crippen LogP contribution in [0.3, 0.4) is 0 Å². The van der Waals surface area contributed by atoms with Gasteiger partial charge < -0.3 is 10.1 Å². The maximum atomic E-state index is 13.0. The number of H-pyrrole nitrogens is 1. The molecule has 1 saturated heterocycles. The molecule has 0 spiro atoms. The van der Waals surface area contributed by atoms with Crippen molar-refractivity contribution in [2.24, 2.45) is 0 Å². The first-order valence-electron chi connectivity index (χ1n) is 9.97. The number of nitrogens with zero attached hydrogens (tertiary/aromatic N) is 2. The van der Waals surface area contributed by atoms with Gasteiger partial charge in [-0.3, -0.25) is 14.8 Å². The van der Waals surface area contributed by atoms with Crippen molar-refractivity contribution in [2.75, 3.05) is 32.8 Å². The van der Waals surface area contributed by atoms with Gasteiger partial charge in [0.05, 0.1) is 24.9 Å². The molecule has 0 aliphatic carbocycles. The third-order valence-electron chi connectivity index (χ3n) is 5.22. The van der Waals surface area contributed by atoms with Crippen LogP contribution < -0.4 is 5.32 Å². The largest absolute Gasteiger partial charge is 0.379 e. The van der Waals surface area contributed by atoms with Crippen molar-refractivity contribution in [3.63, 3.8) is 0 Å². The molecule has 1 aliphatic rings. The zero-order valence-electron chi connectivity index (χ0n) is 16.6. The highest BCUT2D eigenvalue weighted by Crippen LogP contribution is 2.19. The molecule has 2 heterocycles. The number of aromatic nitrogens is 2. The molecule has 0 radical (unpaired) electrons. The molecule has 4 rings (SSSR count). The summed E-state index contributed by atoms with van der Waals surface area (Å²) in [6, 6.07) is 19.9. The third-order valence-corrected chi connectivity index (χ3v) is 5.22. The number of amides is 1. The van der Waals surface area contributed by atoms with Gasteiger partial charge in [-0.2, -0.15) is 5.10 Å². The molecule has 6 nitrogen and oxygen atoms in total. The average Bonchev–Trinajstić information content (AvgIpc) is 3.26. The lowest BCUT2D eigenvalue weighted by molar-refractivity contribution is 0.0332. The number of aromatic amines is 1. The standard InChI is InChI=1S/C23H26N4O2/c1-17-7-9-19(10-8-17)22(16-27-11-13-29-14-12-27)24-23(28)21-15-20(25-26-21)18-5-3-2-4-6-18/h2-10,15,22H,11-14,16H2,1H3,(H,24,28)(H,25,26)/t22-/m1/s1. The molecular weight excluding hydrogens is 364 g/mol. The van der Waals surface area contributed by atoms with E-state index in [1.54, 1.807) is 6.07 Å². The van der Waals surface area contributed by atoms with E-state index < -0.39 is 0 Å². The summed E-state index contributed by atoms with van der Waals surface area (Å²) in [7, 11) is 0. The minimum Gasteiger partial charge on any atom is -0.379 e. The Morgan fingerprint density at radius 2 is 1.86 bits per heavy atom. The van der Waals surface area contributed by atoms with Gasteiger partial charge in [0.15, 0.2) is 0 Å². The monoisotopic (exact) mass is 390 g/mol. The highest BCUT2D eigenvalue weighted by atomic mass is 16.5. The highest BCUT2D eigenvalue weighted by Gasteiger charge is 2.22. The number of carbonyl (C=O) groups excluding carboxylic acids is 1. The number of rotatable bonds is 6. The SMILES string of the molecule is Cc1ccc([C@@H](CN2CCOCC2)NC(=O)c2cc(-c3ccccc3)n[nH]2)cc1. The Labute approximate surface area is 170 Å². The lowest BCUT2D eigenvalue weighted by Gasteiger charge is -2.31. The van der Waals surface area contributed by atoms with E-state index in [0.717, 1.165) is 49.7 Å². The van der Waals surface area contributed by atoms with Gasteiger partial charge in [0.2, 0.25) is 0 Å². The minimum absolute atomic E-state index is 0.107. The van der Waals surface area contributed by atoms with Crippen molar-refractivity contribution in [1.29, 1.82) is 0 Å². The molecular formula is C23H26N4O2. The van der Waals surface area contributed by atoms with Gasteiger partial charge in [-0.1, -0.05) is 60.2 Å². The van der Waals surface area contributed by atoms with Crippen LogP contribution in [0.4, 0.5) is 0 Å². The first-order chi connectivity index (χ1) is 14.2. The average molecular weight is 390 g/mol. The maximum absolute atomic E-state index is 13.0. The fraction of sp³-hybridized carbons (Fsp3) is 0.304. The number of aryl methyl sites for hydroxylation is 1. The summed E-state index contributed by atoms with van der Waals surface area (Å²) in [5.41, 5.74) is 4.49. The Hall–Kier alpha value is -2.96. The molecule has 1 aliphatic heterocycles. The molecule has 6 heteroatoms. The van der Waals surface area contributed by atoms with Crippen LogP contribution in [0.1, 0.15) is 27.7 Å². The summed E-state index contributed by atoms with van der Waals surface area (Å²) in [5, 5.41) is 10.4. The van der Waals surface area contributed by atoms with Crippen LogP contribution >= 0.6 is 0 Å². The second-order valence-electron chi connectivity index (χ2n) is 7.38.